The van der Waals surface area contributed by atoms with Crippen molar-refractivity contribution in [3.8, 4) is 0 Å². The van der Waals surface area contributed by atoms with Gasteiger partial charge in [0.25, 0.3) is 0 Å². The molecule has 0 aromatic carbocycles. The quantitative estimate of drug-likeness (QED) is 0.903. The number of rotatable bonds is 4. The zero-order valence-corrected chi connectivity index (χ0v) is 11.5. The van der Waals surface area contributed by atoms with Crippen LogP contribution < -0.4 is 5.32 Å². The number of halogens is 2. The van der Waals surface area contributed by atoms with E-state index in [-0.39, 0.29) is 6.04 Å². The summed E-state index contributed by atoms with van der Waals surface area (Å²) in [5.74, 6) is 0. The van der Waals surface area contributed by atoms with Gasteiger partial charge in [-0.3, -0.25) is 0 Å². The summed E-state index contributed by atoms with van der Waals surface area (Å²) in [4.78, 5) is 0. The second-order valence-electron chi connectivity index (χ2n) is 3.99. The molecule has 0 radical (unpaired) electrons. The molecule has 1 aromatic rings. The van der Waals surface area contributed by atoms with Crippen molar-refractivity contribution in [1.29, 1.82) is 0 Å². The standard InChI is InChI=1S/C11H15Cl2NOS/c1-14-9(5-7-3-2-4-15-7)8-6-10(12)16-11(8)13/h6-7,9,14H,2-5H2,1H3. The largest absolute Gasteiger partial charge is 0.378 e. The van der Waals surface area contributed by atoms with Gasteiger partial charge in [0.15, 0.2) is 0 Å². The Kier molecular flexibility index (Phi) is 4.50. The maximum absolute atomic E-state index is 6.16. The average Bonchev–Trinajstić information content (AvgIpc) is 2.85. The lowest BCUT2D eigenvalue weighted by Crippen LogP contribution is -2.21. The Balaban J connectivity index is 2.06. The highest BCUT2D eigenvalue weighted by Gasteiger charge is 2.23. The van der Waals surface area contributed by atoms with Crippen LogP contribution in [-0.2, 0) is 4.74 Å². The van der Waals surface area contributed by atoms with Gasteiger partial charge in [0.05, 0.1) is 14.8 Å². The smallest absolute Gasteiger partial charge is 0.0991 e. The van der Waals surface area contributed by atoms with Crippen molar-refractivity contribution in [2.75, 3.05) is 13.7 Å². The molecule has 0 aliphatic carbocycles. The minimum Gasteiger partial charge on any atom is -0.378 e. The van der Waals surface area contributed by atoms with Crippen LogP contribution in [0.4, 0.5) is 0 Å². The van der Waals surface area contributed by atoms with Gasteiger partial charge in [0, 0.05) is 18.2 Å². The summed E-state index contributed by atoms with van der Waals surface area (Å²) in [6.45, 7) is 0.888. The van der Waals surface area contributed by atoms with Crippen LogP contribution in [-0.4, -0.2) is 19.8 Å². The molecule has 5 heteroatoms. The van der Waals surface area contributed by atoms with Crippen LogP contribution in [0.5, 0.6) is 0 Å². The van der Waals surface area contributed by atoms with Gasteiger partial charge >= 0.3 is 0 Å². The highest BCUT2D eigenvalue weighted by Crippen LogP contribution is 2.37. The minimum absolute atomic E-state index is 0.236. The normalized spacial score (nSPS) is 22.6. The molecule has 1 aromatic heterocycles. The second-order valence-corrected chi connectivity index (χ2v) is 6.28. The molecule has 0 spiro atoms. The second kappa shape index (κ2) is 5.69. The summed E-state index contributed by atoms with van der Waals surface area (Å²) >= 11 is 13.5. The van der Waals surface area contributed by atoms with Crippen molar-refractivity contribution >= 4 is 34.5 Å². The van der Waals surface area contributed by atoms with Crippen LogP contribution in [0, 0.1) is 0 Å². The van der Waals surface area contributed by atoms with Crippen LogP contribution in [0.2, 0.25) is 8.67 Å². The molecule has 0 amide bonds. The lowest BCUT2D eigenvalue weighted by molar-refractivity contribution is 0.0954. The topological polar surface area (TPSA) is 21.3 Å². The SMILES string of the molecule is CNC(CC1CCCO1)c1cc(Cl)sc1Cl. The summed E-state index contributed by atoms with van der Waals surface area (Å²) in [6.07, 6.45) is 3.63. The molecular weight excluding hydrogens is 265 g/mol. The van der Waals surface area contributed by atoms with E-state index in [1.54, 1.807) is 0 Å². The molecule has 1 N–H and O–H groups in total. The number of ether oxygens (including phenoxy) is 1. The van der Waals surface area contributed by atoms with Crippen LogP contribution in [0.1, 0.15) is 30.9 Å². The molecule has 1 fully saturated rings. The first-order valence-corrected chi connectivity index (χ1v) is 7.01. The van der Waals surface area contributed by atoms with E-state index in [1.807, 2.05) is 13.1 Å². The molecule has 2 nitrogen and oxygen atoms in total. The molecule has 0 saturated carbocycles. The highest BCUT2D eigenvalue weighted by molar-refractivity contribution is 7.20. The van der Waals surface area contributed by atoms with E-state index in [2.05, 4.69) is 5.32 Å². The molecule has 0 bridgehead atoms. The third-order valence-corrected chi connectivity index (χ3v) is 4.45. The molecule has 2 heterocycles. The van der Waals surface area contributed by atoms with Gasteiger partial charge in [-0.1, -0.05) is 23.2 Å². The molecule has 1 saturated heterocycles. The fourth-order valence-electron chi connectivity index (χ4n) is 2.08. The van der Waals surface area contributed by atoms with Gasteiger partial charge in [-0.15, -0.1) is 11.3 Å². The molecule has 1 aliphatic rings. The fourth-order valence-corrected chi connectivity index (χ4v) is 3.66. The van der Waals surface area contributed by atoms with Crippen LogP contribution in [0.15, 0.2) is 6.07 Å². The lowest BCUT2D eigenvalue weighted by atomic mass is 10.0. The fraction of sp³-hybridized carbons (Fsp3) is 0.636. The van der Waals surface area contributed by atoms with E-state index in [0.717, 1.165) is 33.7 Å². The van der Waals surface area contributed by atoms with Gasteiger partial charge in [-0.2, -0.15) is 0 Å². The Morgan fingerprint density at radius 2 is 2.44 bits per heavy atom. The summed E-state index contributed by atoms with van der Waals surface area (Å²) in [6, 6.07) is 2.18. The van der Waals surface area contributed by atoms with E-state index < -0.39 is 0 Å². The Hall–Kier alpha value is 0.200. The minimum atomic E-state index is 0.236. The number of hydrogen-bond donors (Lipinski definition) is 1. The monoisotopic (exact) mass is 279 g/mol. The average molecular weight is 280 g/mol. The lowest BCUT2D eigenvalue weighted by Gasteiger charge is -2.19. The van der Waals surface area contributed by atoms with Crippen LogP contribution >= 0.6 is 34.5 Å². The molecule has 2 unspecified atom stereocenters. The van der Waals surface area contributed by atoms with Gasteiger partial charge in [-0.05, 0) is 32.4 Å². The first kappa shape index (κ1) is 12.7. The van der Waals surface area contributed by atoms with E-state index >= 15 is 0 Å². The third-order valence-electron chi connectivity index (χ3n) is 2.93. The Labute approximate surface area is 110 Å². The zero-order valence-electron chi connectivity index (χ0n) is 9.13. The van der Waals surface area contributed by atoms with Crippen molar-refractivity contribution in [1.82, 2.24) is 5.32 Å². The molecule has 90 valence electrons. The van der Waals surface area contributed by atoms with E-state index in [0.29, 0.717) is 6.10 Å². The van der Waals surface area contributed by atoms with E-state index in [1.165, 1.54) is 17.8 Å². The first-order chi connectivity index (χ1) is 7.70. The maximum Gasteiger partial charge on any atom is 0.0991 e. The van der Waals surface area contributed by atoms with Crippen molar-refractivity contribution < 1.29 is 4.74 Å². The number of nitrogens with one attached hydrogen (secondary N) is 1. The van der Waals surface area contributed by atoms with Crippen molar-refractivity contribution in [2.45, 2.75) is 31.4 Å². The number of thiophene rings is 1. The summed E-state index contributed by atoms with van der Waals surface area (Å²) in [7, 11) is 1.95. The van der Waals surface area contributed by atoms with Crippen molar-refractivity contribution in [3.05, 3.63) is 20.3 Å². The molecule has 2 atom stereocenters. The molecular formula is C11H15Cl2NOS. The highest BCUT2D eigenvalue weighted by atomic mass is 35.5. The summed E-state index contributed by atoms with van der Waals surface area (Å²) in [5.41, 5.74) is 1.09. The third kappa shape index (κ3) is 2.90. The van der Waals surface area contributed by atoms with Crippen LogP contribution in [0.25, 0.3) is 0 Å². The first-order valence-electron chi connectivity index (χ1n) is 5.44. The van der Waals surface area contributed by atoms with Gasteiger partial charge < -0.3 is 10.1 Å². The van der Waals surface area contributed by atoms with Gasteiger partial charge in [-0.25, -0.2) is 0 Å². The van der Waals surface area contributed by atoms with Gasteiger partial charge in [0.1, 0.15) is 0 Å². The summed E-state index contributed by atoms with van der Waals surface area (Å²) < 4.78 is 7.16. The van der Waals surface area contributed by atoms with Crippen molar-refractivity contribution in [2.24, 2.45) is 0 Å². The number of hydrogen-bond acceptors (Lipinski definition) is 3. The Morgan fingerprint density at radius 3 is 2.94 bits per heavy atom. The zero-order chi connectivity index (χ0) is 11.5. The summed E-state index contributed by atoms with van der Waals surface area (Å²) in [5, 5.41) is 3.28. The van der Waals surface area contributed by atoms with Crippen LogP contribution in [0.3, 0.4) is 0 Å². The van der Waals surface area contributed by atoms with E-state index in [4.69, 9.17) is 27.9 Å². The Morgan fingerprint density at radius 1 is 1.62 bits per heavy atom. The Bertz CT molecular complexity index is 350. The molecule has 2 rings (SSSR count). The molecule has 1 aliphatic heterocycles. The van der Waals surface area contributed by atoms with Gasteiger partial charge in [0.2, 0.25) is 0 Å². The predicted molar refractivity (Wildman–Crippen MR) is 69.7 cm³/mol. The molecule has 16 heavy (non-hydrogen) atoms. The predicted octanol–water partition coefficient (Wildman–Crippen LogP) is 3.88. The maximum atomic E-state index is 6.16. The van der Waals surface area contributed by atoms with E-state index in [9.17, 15) is 0 Å². The van der Waals surface area contributed by atoms with Crippen molar-refractivity contribution in [3.63, 3.8) is 0 Å².